The Morgan fingerprint density at radius 1 is 1.16 bits per heavy atom. The van der Waals surface area contributed by atoms with Crippen molar-refractivity contribution in [3.8, 4) is 0 Å². The fourth-order valence-corrected chi connectivity index (χ4v) is 2.41. The summed E-state index contributed by atoms with van der Waals surface area (Å²) in [7, 11) is 0. The van der Waals surface area contributed by atoms with Crippen LogP contribution in [0.25, 0.3) is 11.0 Å². The number of fused-ring (bicyclic) bond motifs is 1. The third-order valence-corrected chi connectivity index (χ3v) is 3.68. The second-order valence-electron chi connectivity index (χ2n) is 5.53. The van der Waals surface area contributed by atoms with Crippen LogP contribution >= 0.6 is 0 Å². The van der Waals surface area contributed by atoms with Crippen molar-refractivity contribution < 1.29 is 23.1 Å². The van der Waals surface area contributed by atoms with Crippen LogP contribution in [-0.4, -0.2) is 18.5 Å². The van der Waals surface area contributed by atoms with Gasteiger partial charge in [0.1, 0.15) is 17.2 Å². The Balaban J connectivity index is 1.57. The summed E-state index contributed by atoms with van der Waals surface area (Å²) in [4.78, 5) is 23.7. The van der Waals surface area contributed by atoms with Gasteiger partial charge in [-0.05, 0) is 31.2 Å². The molecule has 3 aromatic rings. The minimum absolute atomic E-state index is 0.208. The number of furan rings is 1. The second kappa shape index (κ2) is 7.17. The molecule has 3 rings (SSSR count). The van der Waals surface area contributed by atoms with Crippen molar-refractivity contribution in [2.24, 2.45) is 0 Å². The first-order valence-corrected chi connectivity index (χ1v) is 7.74. The van der Waals surface area contributed by atoms with Crippen LogP contribution in [0.5, 0.6) is 0 Å². The van der Waals surface area contributed by atoms with Gasteiger partial charge in [-0.25, -0.2) is 9.18 Å². The first-order chi connectivity index (χ1) is 12.0. The van der Waals surface area contributed by atoms with E-state index in [-0.39, 0.29) is 5.56 Å². The van der Waals surface area contributed by atoms with Crippen LogP contribution in [0.3, 0.4) is 0 Å². The molecule has 128 valence electrons. The minimum atomic E-state index is -0.885. The third kappa shape index (κ3) is 3.85. The van der Waals surface area contributed by atoms with Crippen molar-refractivity contribution in [3.05, 3.63) is 71.7 Å². The van der Waals surface area contributed by atoms with E-state index in [0.717, 1.165) is 17.0 Å². The van der Waals surface area contributed by atoms with Crippen molar-refractivity contribution >= 4 is 22.8 Å². The number of carbonyl (C=O) groups excluding carboxylic acids is 2. The van der Waals surface area contributed by atoms with E-state index in [1.165, 1.54) is 18.2 Å². The molecule has 0 bridgehead atoms. The minimum Gasteiger partial charge on any atom is -0.459 e. The second-order valence-corrected chi connectivity index (χ2v) is 5.53. The first kappa shape index (κ1) is 16.7. The molecule has 1 amide bonds. The number of hydrogen-bond donors (Lipinski definition) is 1. The van der Waals surface area contributed by atoms with E-state index in [0.29, 0.717) is 5.76 Å². The molecule has 0 fully saturated rings. The monoisotopic (exact) mass is 341 g/mol. The fourth-order valence-electron chi connectivity index (χ4n) is 2.41. The van der Waals surface area contributed by atoms with Crippen LogP contribution in [-0.2, 0) is 9.53 Å². The number of esters is 1. The van der Waals surface area contributed by atoms with Crippen LogP contribution in [0.15, 0.2) is 59.0 Å². The average Bonchev–Trinajstić information content (AvgIpc) is 3.04. The molecule has 0 saturated carbocycles. The number of rotatable bonds is 5. The average molecular weight is 341 g/mol. The van der Waals surface area contributed by atoms with Gasteiger partial charge >= 0.3 is 5.97 Å². The van der Waals surface area contributed by atoms with Crippen LogP contribution < -0.4 is 5.32 Å². The van der Waals surface area contributed by atoms with E-state index in [1.807, 2.05) is 30.3 Å². The van der Waals surface area contributed by atoms with E-state index in [2.05, 4.69) is 5.32 Å². The molecule has 1 heterocycles. The van der Waals surface area contributed by atoms with Crippen molar-refractivity contribution in [1.29, 1.82) is 0 Å². The number of carbonyl (C=O) groups is 2. The van der Waals surface area contributed by atoms with E-state index in [9.17, 15) is 14.0 Å². The van der Waals surface area contributed by atoms with Crippen LogP contribution in [0.1, 0.15) is 29.1 Å². The molecule has 0 spiro atoms. The fraction of sp³-hybridized carbons (Fsp3) is 0.158. The normalized spacial score (nSPS) is 11.9. The summed E-state index contributed by atoms with van der Waals surface area (Å²) in [5.74, 6) is -1.49. The Bertz CT molecular complexity index is 885. The largest absolute Gasteiger partial charge is 0.459 e. The number of hydrogen-bond acceptors (Lipinski definition) is 4. The molecule has 0 radical (unpaired) electrons. The standard InChI is InChI=1S/C19H16FNO4/c1-12(17-10-13-6-2-5-9-16(13)25-17)21-18(22)11-24-19(23)14-7-3-4-8-15(14)20/h2-10,12H,11H2,1H3,(H,21,22)/t12-/m1/s1. The maximum Gasteiger partial charge on any atom is 0.341 e. The number of amides is 1. The zero-order chi connectivity index (χ0) is 17.8. The van der Waals surface area contributed by atoms with Gasteiger partial charge < -0.3 is 14.5 Å². The molecular weight excluding hydrogens is 325 g/mol. The van der Waals surface area contributed by atoms with E-state index < -0.39 is 30.3 Å². The molecule has 0 aliphatic heterocycles. The summed E-state index contributed by atoms with van der Waals surface area (Å²) in [6.45, 7) is 1.26. The molecule has 2 aromatic carbocycles. The van der Waals surface area contributed by atoms with Gasteiger partial charge in [-0.15, -0.1) is 0 Å². The maximum atomic E-state index is 13.5. The summed E-state index contributed by atoms with van der Waals surface area (Å²) in [5, 5.41) is 3.61. The van der Waals surface area contributed by atoms with Gasteiger partial charge in [0, 0.05) is 5.39 Å². The Kier molecular flexibility index (Phi) is 4.79. The summed E-state index contributed by atoms with van der Waals surface area (Å²) in [5.41, 5.74) is 0.519. The predicted molar refractivity (Wildman–Crippen MR) is 89.5 cm³/mol. The Labute approximate surface area is 143 Å². The lowest BCUT2D eigenvalue weighted by molar-refractivity contribution is -0.125. The van der Waals surface area contributed by atoms with Gasteiger partial charge in [-0.3, -0.25) is 4.79 Å². The number of nitrogens with one attached hydrogen (secondary N) is 1. The van der Waals surface area contributed by atoms with Crippen molar-refractivity contribution in [2.45, 2.75) is 13.0 Å². The van der Waals surface area contributed by atoms with Crippen LogP contribution in [0.2, 0.25) is 0 Å². The Morgan fingerprint density at radius 3 is 2.64 bits per heavy atom. The highest BCUT2D eigenvalue weighted by atomic mass is 19.1. The summed E-state index contributed by atoms with van der Waals surface area (Å²) in [6, 6.07) is 14.4. The smallest absolute Gasteiger partial charge is 0.341 e. The molecule has 25 heavy (non-hydrogen) atoms. The molecule has 6 heteroatoms. The van der Waals surface area contributed by atoms with E-state index in [1.54, 1.807) is 6.92 Å². The zero-order valence-corrected chi connectivity index (χ0v) is 13.5. The van der Waals surface area contributed by atoms with E-state index in [4.69, 9.17) is 9.15 Å². The summed E-state index contributed by atoms with van der Waals surface area (Å²) in [6.07, 6.45) is 0. The molecule has 1 aromatic heterocycles. The predicted octanol–water partition coefficient (Wildman–Crippen LogP) is 3.61. The van der Waals surface area contributed by atoms with Gasteiger partial charge in [0.05, 0.1) is 11.6 Å². The summed E-state index contributed by atoms with van der Waals surface area (Å²) < 4.78 is 24.0. The van der Waals surface area contributed by atoms with Crippen molar-refractivity contribution in [3.63, 3.8) is 0 Å². The highest BCUT2D eigenvalue weighted by Gasteiger charge is 2.17. The molecule has 0 unspecified atom stereocenters. The van der Waals surface area contributed by atoms with Gasteiger partial charge in [0.15, 0.2) is 6.61 Å². The Morgan fingerprint density at radius 2 is 1.88 bits per heavy atom. The number of benzene rings is 2. The number of halogens is 1. The Hall–Kier alpha value is -3.15. The molecule has 1 N–H and O–H groups in total. The first-order valence-electron chi connectivity index (χ1n) is 7.74. The van der Waals surface area contributed by atoms with Gasteiger partial charge in [0.25, 0.3) is 5.91 Å². The van der Waals surface area contributed by atoms with Gasteiger partial charge in [0.2, 0.25) is 0 Å². The SMILES string of the molecule is C[C@@H](NC(=O)COC(=O)c1ccccc1F)c1cc2ccccc2o1. The number of ether oxygens (including phenoxy) is 1. The summed E-state index contributed by atoms with van der Waals surface area (Å²) >= 11 is 0. The molecule has 0 aliphatic rings. The van der Waals surface area contributed by atoms with Gasteiger partial charge in [-0.1, -0.05) is 30.3 Å². The molecular formula is C19H16FNO4. The topological polar surface area (TPSA) is 68.5 Å². The quantitative estimate of drug-likeness (QED) is 0.720. The highest BCUT2D eigenvalue weighted by molar-refractivity contribution is 5.91. The van der Waals surface area contributed by atoms with E-state index >= 15 is 0 Å². The molecule has 0 aliphatic carbocycles. The molecule has 0 saturated heterocycles. The molecule has 1 atom stereocenters. The zero-order valence-electron chi connectivity index (χ0n) is 13.5. The van der Waals surface area contributed by atoms with Gasteiger partial charge in [-0.2, -0.15) is 0 Å². The van der Waals surface area contributed by atoms with Crippen molar-refractivity contribution in [1.82, 2.24) is 5.32 Å². The third-order valence-electron chi connectivity index (χ3n) is 3.68. The number of para-hydroxylation sites is 1. The van der Waals surface area contributed by atoms with Crippen molar-refractivity contribution in [2.75, 3.05) is 6.61 Å². The maximum absolute atomic E-state index is 13.5. The lowest BCUT2D eigenvalue weighted by atomic mass is 10.2. The van der Waals surface area contributed by atoms with Crippen LogP contribution in [0, 0.1) is 5.82 Å². The van der Waals surface area contributed by atoms with Crippen LogP contribution in [0.4, 0.5) is 4.39 Å². The highest BCUT2D eigenvalue weighted by Crippen LogP contribution is 2.23. The lowest BCUT2D eigenvalue weighted by Gasteiger charge is -2.11. The molecule has 5 nitrogen and oxygen atoms in total. The lowest BCUT2D eigenvalue weighted by Crippen LogP contribution is -2.31.